The van der Waals surface area contributed by atoms with Crippen LogP contribution >= 0.6 is 0 Å². The fourth-order valence-electron chi connectivity index (χ4n) is 3.12. The highest BCUT2D eigenvalue weighted by atomic mass is 32.2. The molecule has 0 atom stereocenters. The number of anilines is 1. The normalized spacial score (nSPS) is 16.1. The number of sulfonamides is 1. The fourth-order valence-corrected chi connectivity index (χ4v) is 4.54. The molecular weight excluding hydrogens is 373 g/mol. The first-order chi connectivity index (χ1) is 13.0. The number of aryl methyl sites for hydroxylation is 1. The van der Waals surface area contributed by atoms with Crippen LogP contribution in [0.15, 0.2) is 35.5 Å². The van der Waals surface area contributed by atoms with Crippen LogP contribution in [0.3, 0.4) is 0 Å². The van der Waals surface area contributed by atoms with Crippen LogP contribution in [0.25, 0.3) is 11.2 Å². The largest absolute Gasteiger partial charge is 0.352 e. The molecule has 142 valence electrons. The first kappa shape index (κ1) is 17.7. The topological polar surface area (TPSA) is 97.1 Å². The van der Waals surface area contributed by atoms with Gasteiger partial charge in [0, 0.05) is 32.7 Å². The molecule has 1 aliphatic heterocycles. The van der Waals surface area contributed by atoms with Gasteiger partial charge in [0.25, 0.3) is 0 Å². The van der Waals surface area contributed by atoms with Crippen LogP contribution in [0, 0.1) is 5.82 Å². The average molecular weight is 391 g/mol. The molecule has 0 radical (unpaired) electrons. The smallest absolute Gasteiger partial charge is 0.243 e. The van der Waals surface area contributed by atoms with Crippen molar-refractivity contribution in [3.63, 3.8) is 0 Å². The Morgan fingerprint density at radius 3 is 2.44 bits per heavy atom. The van der Waals surface area contributed by atoms with Crippen LogP contribution < -0.4 is 4.90 Å². The van der Waals surface area contributed by atoms with Gasteiger partial charge in [0.2, 0.25) is 10.0 Å². The van der Waals surface area contributed by atoms with Crippen molar-refractivity contribution in [2.75, 3.05) is 31.1 Å². The van der Waals surface area contributed by atoms with Crippen molar-refractivity contribution in [2.24, 2.45) is 0 Å². The van der Waals surface area contributed by atoms with Gasteiger partial charge < -0.3 is 4.90 Å². The molecule has 1 fully saturated rings. The molecule has 4 rings (SSSR count). The number of halogens is 1. The SMILES string of the molecule is CCn1nnc2c(N3CCN(S(=O)(=O)c4ccc(F)cc4)CC3)ncnc21. The second-order valence-electron chi connectivity index (χ2n) is 6.12. The maximum Gasteiger partial charge on any atom is 0.243 e. The van der Waals surface area contributed by atoms with Gasteiger partial charge in [-0.15, -0.1) is 5.10 Å². The molecule has 2 aromatic heterocycles. The summed E-state index contributed by atoms with van der Waals surface area (Å²) in [4.78, 5) is 10.6. The van der Waals surface area contributed by atoms with Gasteiger partial charge in [0.15, 0.2) is 17.0 Å². The van der Waals surface area contributed by atoms with Crippen molar-refractivity contribution in [2.45, 2.75) is 18.4 Å². The van der Waals surface area contributed by atoms with E-state index in [2.05, 4.69) is 20.3 Å². The minimum Gasteiger partial charge on any atom is -0.352 e. The van der Waals surface area contributed by atoms with Gasteiger partial charge >= 0.3 is 0 Å². The lowest BCUT2D eigenvalue weighted by atomic mass is 10.3. The molecule has 11 heteroatoms. The quantitative estimate of drug-likeness (QED) is 0.651. The summed E-state index contributed by atoms with van der Waals surface area (Å²) >= 11 is 0. The van der Waals surface area contributed by atoms with E-state index in [0.717, 1.165) is 12.1 Å². The molecule has 3 heterocycles. The van der Waals surface area contributed by atoms with E-state index in [9.17, 15) is 12.8 Å². The van der Waals surface area contributed by atoms with Gasteiger partial charge in [0.05, 0.1) is 4.90 Å². The highest BCUT2D eigenvalue weighted by molar-refractivity contribution is 7.89. The Morgan fingerprint density at radius 1 is 1.07 bits per heavy atom. The van der Waals surface area contributed by atoms with Crippen molar-refractivity contribution in [3.8, 4) is 0 Å². The molecule has 1 saturated heterocycles. The number of rotatable bonds is 4. The summed E-state index contributed by atoms with van der Waals surface area (Å²) in [5.74, 6) is 0.185. The zero-order valence-corrected chi connectivity index (χ0v) is 15.5. The van der Waals surface area contributed by atoms with Gasteiger partial charge in [-0.25, -0.2) is 27.5 Å². The zero-order valence-electron chi connectivity index (χ0n) is 14.7. The third-order valence-corrected chi connectivity index (χ3v) is 6.48. The number of hydrogen-bond acceptors (Lipinski definition) is 7. The van der Waals surface area contributed by atoms with Crippen molar-refractivity contribution in [1.29, 1.82) is 0 Å². The second kappa shape index (κ2) is 6.82. The van der Waals surface area contributed by atoms with Crippen molar-refractivity contribution >= 4 is 27.0 Å². The molecule has 1 aliphatic rings. The molecule has 3 aromatic rings. The van der Waals surface area contributed by atoms with Crippen LogP contribution in [-0.2, 0) is 16.6 Å². The van der Waals surface area contributed by atoms with Crippen LogP contribution in [0.4, 0.5) is 10.2 Å². The first-order valence-electron chi connectivity index (χ1n) is 8.55. The van der Waals surface area contributed by atoms with E-state index < -0.39 is 15.8 Å². The van der Waals surface area contributed by atoms with E-state index in [1.165, 1.54) is 22.8 Å². The van der Waals surface area contributed by atoms with Gasteiger partial charge in [-0.2, -0.15) is 4.31 Å². The highest BCUT2D eigenvalue weighted by Gasteiger charge is 2.30. The fraction of sp³-hybridized carbons (Fsp3) is 0.375. The maximum atomic E-state index is 13.1. The molecule has 27 heavy (non-hydrogen) atoms. The predicted octanol–water partition coefficient (Wildman–Crippen LogP) is 0.891. The van der Waals surface area contributed by atoms with E-state index in [4.69, 9.17) is 0 Å². The summed E-state index contributed by atoms with van der Waals surface area (Å²) in [6.07, 6.45) is 1.47. The molecule has 9 nitrogen and oxygen atoms in total. The lowest BCUT2D eigenvalue weighted by Gasteiger charge is -2.34. The van der Waals surface area contributed by atoms with E-state index in [-0.39, 0.29) is 4.90 Å². The van der Waals surface area contributed by atoms with E-state index in [1.54, 1.807) is 4.68 Å². The van der Waals surface area contributed by atoms with E-state index in [0.29, 0.717) is 49.7 Å². The van der Waals surface area contributed by atoms with Crippen molar-refractivity contribution < 1.29 is 12.8 Å². The predicted molar refractivity (Wildman–Crippen MR) is 96.2 cm³/mol. The molecule has 1 aromatic carbocycles. The van der Waals surface area contributed by atoms with Gasteiger partial charge in [0.1, 0.15) is 12.1 Å². The van der Waals surface area contributed by atoms with E-state index >= 15 is 0 Å². The summed E-state index contributed by atoms with van der Waals surface area (Å²) < 4.78 is 41.6. The summed E-state index contributed by atoms with van der Waals surface area (Å²) in [6, 6.07) is 4.87. The monoisotopic (exact) mass is 391 g/mol. The third kappa shape index (κ3) is 3.12. The van der Waals surface area contributed by atoms with Crippen LogP contribution in [0.5, 0.6) is 0 Å². The molecular formula is C16H18FN7O2S. The standard InChI is InChI=1S/C16H18FN7O2S/c1-2-24-16-14(20-21-24)15(18-11-19-16)22-7-9-23(10-8-22)27(25,26)13-5-3-12(17)4-6-13/h3-6,11H,2,7-10H2,1H3. The number of hydrogen-bond donors (Lipinski definition) is 0. The molecule has 0 amide bonds. The number of nitrogens with zero attached hydrogens (tertiary/aromatic N) is 7. The maximum absolute atomic E-state index is 13.1. The summed E-state index contributed by atoms with van der Waals surface area (Å²) in [5, 5.41) is 8.24. The second-order valence-corrected chi connectivity index (χ2v) is 8.06. The Kier molecular flexibility index (Phi) is 4.48. The van der Waals surface area contributed by atoms with Gasteiger partial charge in [-0.1, -0.05) is 5.21 Å². The molecule has 0 aliphatic carbocycles. The highest BCUT2D eigenvalue weighted by Crippen LogP contribution is 2.24. The Morgan fingerprint density at radius 2 is 1.78 bits per heavy atom. The number of fused-ring (bicyclic) bond motifs is 1. The van der Waals surface area contributed by atoms with E-state index in [1.807, 2.05) is 11.8 Å². The Labute approximate surface area is 155 Å². The Hall–Kier alpha value is -2.66. The first-order valence-corrected chi connectivity index (χ1v) is 9.99. The number of piperazine rings is 1. The minimum absolute atomic E-state index is 0.0904. The van der Waals surface area contributed by atoms with Gasteiger partial charge in [-0.05, 0) is 31.2 Å². The molecule has 0 saturated carbocycles. The minimum atomic E-state index is -3.65. The molecule has 0 spiro atoms. The lowest BCUT2D eigenvalue weighted by molar-refractivity contribution is 0.384. The Bertz CT molecular complexity index is 1060. The van der Waals surface area contributed by atoms with Crippen LogP contribution in [0.1, 0.15) is 6.92 Å². The summed E-state index contributed by atoms with van der Waals surface area (Å²) in [6.45, 7) is 4.13. The van der Waals surface area contributed by atoms with Crippen molar-refractivity contribution in [3.05, 3.63) is 36.4 Å². The summed E-state index contributed by atoms with van der Waals surface area (Å²) in [7, 11) is -3.65. The number of benzene rings is 1. The number of aromatic nitrogens is 5. The summed E-state index contributed by atoms with van der Waals surface area (Å²) in [5.41, 5.74) is 1.26. The average Bonchev–Trinajstić information content (AvgIpc) is 3.12. The molecule has 0 bridgehead atoms. The van der Waals surface area contributed by atoms with Crippen LogP contribution in [-0.4, -0.2) is 63.9 Å². The molecule has 0 unspecified atom stereocenters. The van der Waals surface area contributed by atoms with Crippen LogP contribution in [0.2, 0.25) is 0 Å². The van der Waals surface area contributed by atoms with Crippen molar-refractivity contribution in [1.82, 2.24) is 29.3 Å². The zero-order chi connectivity index (χ0) is 19.0. The third-order valence-electron chi connectivity index (χ3n) is 4.57. The lowest BCUT2D eigenvalue weighted by Crippen LogP contribution is -2.49. The van der Waals surface area contributed by atoms with Gasteiger partial charge in [-0.3, -0.25) is 0 Å². The Balaban J connectivity index is 1.54. The molecule has 0 N–H and O–H groups in total.